The van der Waals surface area contributed by atoms with Gasteiger partial charge in [-0.1, -0.05) is 24.3 Å². The molecule has 0 atom stereocenters. The standard InChI is InChI=1S/C18H20N2O4/c1-23-14-7-5-6-13(12-14)10-11-19-18(22)20-16-9-4-3-8-15(16)17(21)24-2/h3-9,12H,10-11H2,1-2H3,(H2,19,20,22). The summed E-state index contributed by atoms with van der Waals surface area (Å²) in [6.45, 7) is 0.458. The van der Waals surface area contributed by atoms with Gasteiger partial charge in [0.1, 0.15) is 5.75 Å². The first kappa shape index (κ1) is 17.3. The van der Waals surface area contributed by atoms with Gasteiger partial charge in [-0.15, -0.1) is 0 Å². The molecule has 6 heteroatoms. The maximum atomic E-state index is 12.0. The van der Waals surface area contributed by atoms with Crippen LogP contribution >= 0.6 is 0 Å². The Hall–Kier alpha value is -3.02. The van der Waals surface area contributed by atoms with Crippen LogP contribution in [0.3, 0.4) is 0 Å². The zero-order valence-corrected chi connectivity index (χ0v) is 13.7. The Kier molecular flexibility index (Phi) is 6.19. The van der Waals surface area contributed by atoms with Crippen LogP contribution in [0.5, 0.6) is 5.75 Å². The zero-order valence-electron chi connectivity index (χ0n) is 13.7. The molecule has 0 saturated heterocycles. The number of hydrogen-bond acceptors (Lipinski definition) is 4. The van der Waals surface area contributed by atoms with Gasteiger partial charge in [-0.3, -0.25) is 0 Å². The number of anilines is 1. The SMILES string of the molecule is COC(=O)c1ccccc1NC(=O)NCCc1cccc(OC)c1. The minimum absolute atomic E-state index is 0.308. The number of nitrogens with one attached hydrogen (secondary N) is 2. The molecule has 2 amide bonds. The highest BCUT2D eigenvalue weighted by molar-refractivity contribution is 6.00. The quantitative estimate of drug-likeness (QED) is 0.800. The third-order valence-electron chi connectivity index (χ3n) is 3.41. The van der Waals surface area contributed by atoms with Gasteiger partial charge in [0.05, 0.1) is 25.5 Å². The Morgan fingerprint density at radius 3 is 2.58 bits per heavy atom. The number of rotatable bonds is 6. The predicted molar refractivity (Wildman–Crippen MR) is 91.5 cm³/mol. The topological polar surface area (TPSA) is 76.7 Å². The number of carbonyl (C=O) groups is 2. The molecule has 2 aromatic carbocycles. The molecule has 0 unspecified atom stereocenters. The highest BCUT2D eigenvalue weighted by atomic mass is 16.5. The highest BCUT2D eigenvalue weighted by Crippen LogP contribution is 2.16. The maximum Gasteiger partial charge on any atom is 0.339 e. The number of methoxy groups -OCH3 is 2. The molecule has 126 valence electrons. The molecule has 0 spiro atoms. The molecule has 2 rings (SSSR count). The molecule has 0 aliphatic rings. The Balaban J connectivity index is 1.89. The van der Waals surface area contributed by atoms with E-state index in [9.17, 15) is 9.59 Å². The number of carbonyl (C=O) groups excluding carboxylic acids is 2. The van der Waals surface area contributed by atoms with Gasteiger partial charge in [0.15, 0.2) is 0 Å². The monoisotopic (exact) mass is 328 g/mol. The lowest BCUT2D eigenvalue weighted by Crippen LogP contribution is -2.31. The first-order valence-corrected chi connectivity index (χ1v) is 7.49. The van der Waals surface area contributed by atoms with E-state index in [-0.39, 0.29) is 6.03 Å². The lowest BCUT2D eigenvalue weighted by molar-refractivity contribution is 0.0602. The van der Waals surface area contributed by atoms with E-state index in [1.165, 1.54) is 7.11 Å². The number of amides is 2. The molecular weight excluding hydrogens is 308 g/mol. The first-order valence-electron chi connectivity index (χ1n) is 7.49. The third kappa shape index (κ3) is 4.74. The molecule has 0 fully saturated rings. The van der Waals surface area contributed by atoms with Gasteiger partial charge in [-0.2, -0.15) is 0 Å². The van der Waals surface area contributed by atoms with Crippen LogP contribution in [0.1, 0.15) is 15.9 Å². The van der Waals surface area contributed by atoms with Crippen LogP contribution in [0.15, 0.2) is 48.5 Å². The minimum Gasteiger partial charge on any atom is -0.497 e. The summed E-state index contributed by atoms with van der Waals surface area (Å²) >= 11 is 0. The van der Waals surface area contributed by atoms with E-state index in [2.05, 4.69) is 10.6 Å². The molecule has 0 heterocycles. The van der Waals surface area contributed by atoms with Gasteiger partial charge >= 0.3 is 12.0 Å². The Morgan fingerprint density at radius 2 is 1.83 bits per heavy atom. The fraction of sp³-hybridized carbons (Fsp3) is 0.222. The normalized spacial score (nSPS) is 9.92. The van der Waals surface area contributed by atoms with Gasteiger partial charge < -0.3 is 20.1 Å². The second-order valence-electron chi connectivity index (χ2n) is 5.02. The van der Waals surface area contributed by atoms with Crippen LogP contribution in [-0.2, 0) is 11.2 Å². The molecule has 0 aliphatic heterocycles. The number of benzene rings is 2. The highest BCUT2D eigenvalue weighted by Gasteiger charge is 2.12. The summed E-state index contributed by atoms with van der Waals surface area (Å²) in [7, 11) is 2.91. The van der Waals surface area contributed by atoms with Gasteiger partial charge in [-0.25, -0.2) is 9.59 Å². The smallest absolute Gasteiger partial charge is 0.339 e. The molecule has 6 nitrogen and oxygen atoms in total. The van der Waals surface area contributed by atoms with E-state index in [1.807, 2.05) is 24.3 Å². The summed E-state index contributed by atoms with van der Waals surface area (Å²) in [6, 6.07) is 14.0. The van der Waals surface area contributed by atoms with Gasteiger partial charge in [0.2, 0.25) is 0 Å². The zero-order chi connectivity index (χ0) is 17.4. The van der Waals surface area contributed by atoms with Crippen molar-refractivity contribution in [3.05, 3.63) is 59.7 Å². The third-order valence-corrected chi connectivity index (χ3v) is 3.41. The van der Waals surface area contributed by atoms with Crippen molar-refractivity contribution in [2.24, 2.45) is 0 Å². The molecule has 0 aromatic heterocycles. The molecule has 0 radical (unpaired) electrons. The first-order chi connectivity index (χ1) is 11.6. The van der Waals surface area contributed by atoms with Gasteiger partial charge in [0, 0.05) is 6.54 Å². The van der Waals surface area contributed by atoms with Crippen LogP contribution in [0.25, 0.3) is 0 Å². The maximum absolute atomic E-state index is 12.0. The minimum atomic E-state index is -0.498. The molecule has 24 heavy (non-hydrogen) atoms. The summed E-state index contributed by atoms with van der Waals surface area (Å²) in [5.74, 6) is 0.284. The van der Waals surface area contributed by atoms with Crippen LogP contribution in [0.2, 0.25) is 0 Å². The average Bonchev–Trinajstić information content (AvgIpc) is 2.61. The summed E-state index contributed by atoms with van der Waals surface area (Å²) in [4.78, 5) is 23.7. The Morgan fingerprint density at radius 1 is 1.04 bits per heavy atom. The van der Waals surface area contributed by atoms with Crippen molar-refractivity contribution < 1.29 is 19.1 Å². The number of ether oxygens (including phenoxy) is 2. The van der Waals surface area contributed by atoms with E-state index < -0.39 is 5.97 Å². The summed E-state index contributed by atoms with van der Waals surface area (Å²) < 4.78 is 9.86. The lowest BCUT2D eigenvalue weighted by atomic mass is 10.1. The second-order valence-corrected chi connectivity index (χ2v) is 5.02. The van der Waals surface area contributed by atoms with Crippen molar-refractivity contribution in [3.63, 3.8) is 0 Å². The van der Waals surface area contributed by atoms with E-state index in [1.54, 1.807) is 31.4 Å². The van der Waals surface area contributed by atoms with Crippen molar-refractivity contribution in [1.82, 2.24) is 5.32 Å². The molecular formula is C18H20N2O4. The van der Waals surface area contributed by atoms with Crippen molar-refractivity contribution in [1.29, 1.82) is 0 Å². The predicted octanol–water partition coefficient (Wildman–Crippen LogP) is 2.85. The second kappa shape index (κ2) is 8.57. The van der Waals surface area contributed by atoms with E-state index in [0.717, 1.165) is 11.3 Å². The van der Waals surface area contributed by atoms with E-state index >= 15 is 0 Å². The molecule has 0 aliphatic carbocycles. The van der Waals surface area contributed by atoms with Crippen molar-refractivity contribution >= 4 is 17.7 Å². The Labute approximate surface area is 140 Å². The fourth-order valence-corrected chi connectivity index (χ4v) is 2.19. The lowest BCUT2D eigenvalue weighted by Gasteiger charge is -2.11. The molecule has 0 bridgehead atoms. The van der Waals surface area contributed by atoms with Crippen molar-refractivity contribution in [2.45, 2.75) is 6.42 Å². The van der Waals surface area contributed by atoms with Gasteiger partial charge in [0.25, 0.3) is 0 Å². The molecule has 0 saturated carbocycles. The summed E-state index contributed by atoms with van der Waals surface area (Å²) in [5, 5.41) is 5.42. The van der Waals surface area contributed by atoms with Crippen LogP contribution < -0.4 is 15.4 Å². The summed E-state index contributed by atoms with van der Waals surface area (Å²) in [5.41, 5.74) is 1.77. The summed E-state index contributed by atoms with van der Waals surface area (Å²) in [6.07, 6.45) is 0.670. The molecule has 2 aromatic rings. The van der Waals surface area contributed by atoms with Crippen LogP contribution in [0.4, 0.5) is 10.5 Å². The molecule has 2 N–H and O–H groups in total. The number of urea groups is 1. The van der Waals surface area contributed by atoms with Gasteiger partial charge in [-0.05, 0) is 36.2 Å². The van der Waals surface area contributed by atoms with Crippen molar-refractivity contribution in [3.8, 4) is 5.75 Å². The van der Waals surface area contributed by atoms with Crippen LogP contribution in [-0.4, -0.2) is 32.8 Å². The number of esters is 1. The number of para-hydroxylation sites is 1. The van der Waals surface area contributed by atoms with Crippen LogP contribution in [0, 0.1) is 0 Å². The van der Waals surface area contributed by atoms with Crippen molar-refractivity contribution in [2.75, 3.05) is 26.1 Å². The average molecular weight is 328 g/mol. The van der Waals surface area contributed by atoms with E-state index in [0.29, 0.717) is 24.2 Å². The number of hydrogen-bond donors (Lipinski definition) is 2. The van der Waals surface area contributed by atoms with E-state index in [4.69, 9.17) is 9.47 Å². The Bertz CT molecular complexity index is 716. The fourth-order valence-electron chi connectivity index (χ4n) is 2.19. The largest absolute Gasteiger partial charge is 0.497 e.